The van der Waals surface area contributed by atoms with Crippen molar-refractivity contribution < 1.29 is 18.4 Å². The minimum Gasteiger partial charge on any atom is -0.368 e. The predicted octanol–water partition coefficient (Wildman–Crippen LogP) is 2.70. The van der Waals surface area contributed by atoms with Crippen molar-refractivity contribution in [2.24, 2.45) is 11.1 Å². The lowest BCUT2D eigenvalue weighted by atomic mass is 9.64. The van der Waals surface area contributed by atoms with Crippen LogP contribution in [-0.4, -0.2) is 23.5 Å². The van der Waals surface area contributed by atoms with Gasteiger partial charge in [-0.1, -0.05) is 25.3 Å². The summed E-state index contributed by atoms with van der Waals surface area (Å²) in [5, 5.41) is 0. The Morgan fingerprint density at radius 3 is 2.52 bits per heavy atom. The van der Waals surface area contributed by atoms with Gasteiger partial charge in [-0.2, -0.15) is 0 Å². The number of hydrogen-bond donors (Lipinski definition) is 1. The standard InChI is InChI=1S/C17H20F2N2O2/c1-16(19)13(14(20)22)21(12-7-5-6-11(18)10-12)15(23)17(16)8-3-2-4-9-17/h5-7,10,13H,2-4,8-9H2,1H3,(H2,20,22). The third-order valence-corrected chi connectivity index (χ3v) is 5.40. The van der Waals surface area contributed by atoms with Crippen LogP contribution in [0.15, 0.2) is 24.3 Å². The second-order valence-electron chi connectivity index (χ2n) is 6.68. The third kappa shape index (κ3) is 2.15. The van der Waals surface area contributed by atoms with Crippen LogP contribution in [0.5, 0.6) is 0 Å². The Bertz CT molecular complexity index is 654. The number of carbonyl (C=O) groups excluding carboxylic acids is 2. The average molecular weight is 322 g/mol. The molecule has 6 heteroatoms. The van der Waals surface area contributed by atoms with E-state index in [4.69, 9.17) is 5.73 Å². The van der Waals surface area contributed by atoms with Crippen LogP contribution >= 0.6 is 0 Å². The summed E-state index contributed by atoms with van der Waals surface area (Å²) in [6, 6.07) is 3.86. The highest BCUT2D eigenvalue weighted by molar-refractivity contribution is 6.08. The van der Waals surface area contributed by atoms with Gasteiger partial charge in [0.2, 0.25) is 11.8 Å². The smallest absolute Gasteiger partial charge is 0.243 e. The molecule has 124 valence electrons. The Hall–Kier alpha value is -1.98. The lowest BCUT2D eigenvalue weighted by Crippen LogP contribution is -2.53. The lowest BCUT2D eigenvalue weighted by molar-refractivity contribution is -0.134. The molecule has 2 fully saturated rings. The maximum Gasteiger partial charge on any atom is 0.243 e. The van der Waals surface area contributed by atoms with Crippen molar-refractivity contribution in [3.63, 3.8) is 0 Å². The predicted molar refractivity (Wildman–Crippen MR) is 81.9 cm³/mol. The molecule has 0 aromatic heterocycles. The highest BCUT2D eigenvalue weighted by atomic mass is 19.1. The molecule has 1 aliphatic heterocycles. The number of nitrogens with two attached hydrogens (primary N) is 1. The van der Waals surface area contributed by atoms with Crippen LogP contribution in [0.4, 0.5) is 14.5 Å². The highest BCUT2D eigenvalue weighted by Gasteiger charge is 2.69. The van der Waals surface area contributed by atoms with Gasteiger partial charge in [-0.3, -0.25) is 14.5 Å². The van der Waals surface area contributed by atoms with Crippen molar-refractivity contribution >= 4 is 17.5 Å². The summed E-state index contributed by atoms with van der Waals surface area (Å²) in [6.45, 7) is 1.28. The van der Waals surface area contributed by atoms with Gasteiger partial charge in [0.1, 0.15) is 11.9 Å². The Labute approximate surface area is 133 Å². The van der Waals surface area contributed by atoms with E-state index < -0.39 is 34.8 Å². The van der Waals surface area contributed by atoms with Crippen molar-refractivity contribution in [2.75, 3.05) is 4.90 Å². The summed E-state index contributed by atoms with van der Waals surface area (Å²) in [7, 11) is 0. The molecule has 2 N–H and O–H groups in total. The minimum atomic E-state index is -2.08. The first-order valence-electron chi connectivity index (χ1n) is 7.89. The maximum atomic E-state index is 15.7. The zero-order chi connectivity index (χ0) is 16.8. The number of amides is 2. The van der Waals surface area contributed by atoms with E-state index in [9.17, 15) is 14.0 Å². The molecule has 23 heavy (non-hydrogen) atoms. The number of alkyl halides is 1. The quantitative estimate of drug-likeness (QED) is 0.910. The van der Waals surface area contributed by atoms with Crippen LogP contribution in [-0.2, 0) is 9.59 Å². The lowest BCUT2D eigenvalue weighted by Gasteiger charge is -2.39. The average Bonchev–Trinajstić information content (AvgIpc) is 2.66. The molecule has 2 atom stereocenters. The minimum absolute atomic E-state index is 0.171. The van der Waals surface area contributed by atoms with Crippen LogP contribution < -0.4 is 10.6 Å². The van der Waals surface area contributed by atoms with Gasteiger partial charge in [-0.05, 0) is 38.0 Å². The van der Waals surface area contributed by atoms with E-state index >= 15 is 4.39 Å². The van der Waals surface area contributed by atoms with E-state index in [0.29, 0.717) is 12.8 Å². The van der Waals surface area contributed by atoms with Crippen molar-refractivity contribution in [3.8, 4) is 0 Å². The molecule has 0 radical (unpaired) electrons. The number of halogens is 2. The van der Waals surface area contributed by atoms with E-state index in [0.717, 1.165) is 30.2 Å². The second kappa shape index (κ2) is 5.28. The fourth-order valence-corrected chi connectivity index (χ4v) is 4.21. The fraction of sp³-hybridized carbons (Fsp3) is 0.529. The van der Waals surface area contributed by atoms with Crippen molar-refractivity contribution in [3.05, 3.63) is 30.1 Å². The molecule has 2 aliphatic rings. The number of rotatable bonds is 2. The molecule has 3 rings (SSSR count). The first kappa shape index (κ1) is 15.9. The largest absolute Gasteiger partial charge is 0.368 e. The van der Waals surface area contributed by atoms with E-state index in [-0.39, 0.29) is 5.69 Å². The van der Waals surface area contributed by atoms with Crippen LogP contribution in [0.1, 0.15) is 39.0 Å². The second-order valence-corrected chi connectivity index (χ2v) is 6.68. The van der Waals surface area contributed by atoms with Crippen molar-refractivity contribution in [1.29, 1.82) is 0 Å². The molecule has 1 saturated heterocycles. The first-order chi connectivity index (χ1) is 10.8. The van der Waals surface area contributed by atoms with Gasteiger partial charge >= 0.3 is 0 Å². The van der Waals surface area contributed by atoms with Crippen LogP contribution in [0.3, 0.4) is 0 Å². The van der Waals surface area contributed by atoms with Crippen LogP contribution in [0.2, 0.25) is 0 Å². The molecule has 0 bridgehead atoms. The van der Waals surface area contributed by atoms with Gasteiger partial charge in [0, 0.05) is 5.69 Å². The summed E-state index contributed by atoms with van der Waals surface area (Å²) in [5.41, 5.74) is 2.26. The molecule has 2 unspecified atom stereocenters. The van der Waals surface area contributed by atoms with E-state index in [2.05, 4.69) is 0 Å². The Morgan fingerprint density at radius 1 is 1.30 bits per heavy atom. The van der Waals surface area contributed by atoms with E-state index in [1.807, 2.05) is 0 Å². The van der Waals surface area contributed by atoms with Gasteiger partial charge < -0.3 is 5.73 Å². The SMILES string of the molecule is CC1(F)C(C(N)=O)N(c2cccc(F)c2)C(=O)C12CCCCC2. The first-order valence-corrected chi connectivity index (χ1v) is 7.89. The summed E-state index contributed by atoms with van der Waals surface area (Å²) in [4.78, 5) is 26.1. The molecule has 1 heterocycles. The number of hydrogen-bond acceptors (Lipinski definition) is 2. The van der Waals surface area contributed by atoms with Gasteiger partial charge in [-0.15, -0.1) is 0 Å². The monoisotopic (exact) mass is 322 g/mol. The molecule has 1 aromatic rings. The number of anilines is 1. The van der Waals surface area contributed by atoms with Gasteiger partial charge in [0.15, 0.2) is 5.67 Å². The maximum absolute atomic E-state index is 15.7. The summed E-state index contributed by atoms with van der Waals surface area (Å²) >= 11 is 0. The Kier molecular flexibility index (Phi) is 3.65. The number of carbonyl (C=O) groups is 2. The molecule has 1 spiro atoms. The normalized spacial score (nSPS) is 30.0. The summed E-state index contributed by atoms with van der Waals surface area (Å²) < 4.78 is 29.3. The zero-order valence-corrected chi connectivity index (χ0v) is 13.0. The van der Waals surface area contributed by atoms with Crippen molar-refractivity contribution in [2.45, 2.75) is 50.7 Å². The molecular weight excluding hydrogens is 302 g/mol. The van der Waals surface area contributed by atoms with Gasteiger partial charge in [0.25, 0.3) is 0 Å². The molecule has 2 amide bonds. The number of benzene rings is 1. The zero-order valence-electron chi connectivity index (χ0n) is 13.0. The van der Waals surface area contributed by atoms with Gasteiger partial charge in [-0.25, -0.2) is 8.78 Å². The summed E-state index contributed by atoms with van der Waals surface area (Å²) in [5.74, 6) is -1.92. The molecule has 1 saturated carbocycles. The highest BCUT2D eigenvalue weighted by Crippen LogP contribution is 2.56. The molecule has 1 aromatic carbocycles. The Morgan fingerprint density at radius 2 is 1.96 bits per heavy atom. The fourth-order valence-electron chi connectivity index (χ4n) is 4.21. The van der Waals surface area contributed by atoms with Crippen LogP contribution in [0, 0.1) is 11.2 Å². The summed E-state index contributed by atoms with van der Waals surface area (Å²) in [6.07, 6.45) is 3.16. The Balaban J connectivity index is 2.15. The van der Waals surface area contributed by atoms with E-state index in [1.54, 1.807) is 0 Å². The van der Waals surface area contributed by atoms with E-state index in [1.165, 1.54) is 25.1 Å². The topological polar surface area (TPSA) is 63.4 Å². The van der Waals surface area contributed by atoms with Crippen molar-refractivity contribution in [1.82, 2.24) is 0 Å². The molecule has 4 nitrogen and oxygen atoms in total. The number of nitrogens with zero attached hydrogens (tertiary/aromatic N) is 1. The molecule has 1 aliphatic carbocycles. The van der Waals surface area contributed by atoms with Crippen LogP contribution in [0.25, 0.3) is 0 Å². The molecular formula is C17H20F2N2O2. The third-order valence-electron chi connectivity index (χ3n) is 5.40. The van der Waals surface area contributed by atoms with Gasteiger partial charge in [0.05, 0.1) is 5.41 Å². The number of primary amides is 1.